The van der Waals surface area contributed by atoms with Gasteiger partial charge in [0.25, 0.3) is 0 Å². The van der Waals surface area contributed by atoms with E-state index in [2.05, 4.69) is 0 Å². The number of fused-ring (bicyclic) bond motifs is 2. The van der Waals surface area contributed by atoms with Crippen LogP contribution in [0.1, 0.15) is 47.5 Å². The third-order valence-corrected chi connectivity index (χ3v) is 10.5. The molecule has 2 saturated carbocycles. The maximum absolute atomic E-state index is 13.6. The summed E-state index contributed by atoms with van der Waals surface area (Å²) in [6, 6.07) is -1.34. The van der Waals surface area contributed by atoms with Crippen LogP contribution in [0.3, 0.4) is 0 Å². The molecule has 2 unspecified atom stereocenters. The number of carbonyl (C=O) groups excluding carboxylic acids is 5. The van der Waals surface area contributed by atoms with Gasteiger partial charge in [-0.05, 0) is 55.9 Å². The Morgan fingerprint density at radius 2 is 1.88 bits per heavy atom. The van der Waals surface area contributed by atoms with E-state index in [1.54, 1.807) is 27.7 Å². The minimum atomic E-state index is -2.04. The highest BCUT2D eigenvalue weighted by Gasteiger charge is 2.84. The molecule has 4 fully saturated rings. The molecule has 5 rings (SSSR count). The Bertz CT molecular complexity index is 1330. The van der Waals surface area contributed by atoms with Crippen LogP contribution in [0.25, 0.3) is 0 Å². The number of Topliss-reactive ketones (excluding diaryl/α,β-unsaturated/α-hetero) is 1. The Labute approximate surface area is 248 Å². The summed E-state index contributed by atoms with van der Waals surface area (Å²) in [7, 11) is 1.15. The fourth-order valence-corrected chi connectivity index (χ4v) is 9.15. The number of allylic oxidation sites excluding steroid dienone is 3. The van der Waals surface area contributed by atoms with E-state index in [1.807, 2.05) is 6.92 Å². The fraction of sp³-hybridized carbons (Fsp3) is 0.700. The summed E-state index contributed by atoms with van der Waals surface area (Å²) in [6.45, 7) is 7.88. The average molecular weight is 606 g/mol. The van der Waals surface area contributed by atoms with Crippen LogP contribution in [0, 0.1) is 34.5 Å². The molecule has 2 heterocycles. The summed E-state index contributed by atoms with van der Waals surface area (Å²) in [4.78, 5) is 66.1. The van der Waals surface area contributed by atoms with Crippen LogP contribution in [-0.4, -0.2) is 90.2 Å². The summed E-state index contributed by atoms with van der Waals surface area (Å²) in [6.07, 6.45) is -2.68. The van der Waals surface area contributed by atoms with Gasteiger partial charge in [-0.3, -0.25) is 4.79 Å². The number of rotatable bonds is 6. The van der Waals surface area contributed by atoms with Gasteiger partial charge in [0.15, 0.2) is 17.1 Å². The van der Waals surface area contributed by atoms with E-state index < -0.39 is 101 Å². The van der Waals surface area contributed by atoms with Crippen molar-refractivity contribution in [3.8, 4) is 0 Å². The summed E-state index contributed by atoms with van der Waals surface area (Å²) in [5.74, 6) is -7.11. The van der Waals surface area contributed by atoms with Crippen molar-refractivity contribution in [2.24, 2.45) is 40.2 Å². The molecule has 2 saturated heterocycles. The van der Waals surface area contributed by atoms with E-state index in [0.717, 1.165) is 7.11 Å². The number of methoxy groups -OCH3 is 1. The zero-order valence-electron chi connectivity index (χ0n) is 25.1. The van der Waals surface area contributed by atoms with Gasteiger partial charge in [0.1, 0.15) is 12.1 Å². The van der Waals surface area contributed by atoms with Gasteiger partial charge in [-0.25, -0.2) is 19.2 Å². The molecule has 5 aliphatic rings. The number of carbonyl (C=O) groups is 5. The zero-order chi connectivity index (χ0) is 31.8. The lowest BCUT2D eigenvalue weighted by atomic mass is 9.37. The maximum Gasteiger partial charge on any atom is 0.348 e. The molecular formula is C30H39NO12. The lowest BCUT2D eigenvalue weighted by molar-refractivity contribution is -0.278. The molecular weight excluding hydrogens is 566 g/mol. The zero-order valence-corrected chi connectivity index (χ0v) is 25.1. The van der Waals surface area contributed by atoms with Crippen LogP contribution in [0.15, 0.2) is 23.0 Å². The number of ether oxygens (including phenoxy) is 5. The van der Waals surface area contributed by atoms with E-state index in [9.17, 15) is 34.2 Å². The van der Waals surface area contributed by atoms with E-state index in [0.29, 0.717) is 11.1 Å². The van der Waals surface area contributed by atoms with Crippen LogP contribution in [0.4, 0.5) is 0 Å². The van der Waals surface area contributed by atoms with Crippen molar-refractivity contribution in [3.05, 3.63) is 23.0 Å². The number of hydrogen-bond acceptors (Lipinski definition) is 13. The molecule has 13 heteroatoms. The van der Waals surface area contributed by atoms with Crippen LogP contribution < -0.4 is 5.73 Å². The monoisotopic (exact) mass is 605 g/mol. The average Bonchev–Trinajstić information content (AvgIpc) is 3.24. The number of hydrogen-bond donors (Lipinski definition) is 3. The molecule has 0 aromatic rings. The van der Waals surface area contributed by atoms with Crippen molar-refractivity contribution in [1.29, 1.82) is 0 Å². The molecule has 4 N–H and O–H groups in total. The highest BCUT2D eigenvalue weighted by atomic mass is 16.6. The van der Waals surface area contributed by atoms with Crippen LogP contribution >= 0.6 is 0 Å². The van der Waals surface area contributed by atoms with Crippen LogP contribution in [-0.2, 0) is 47.7 Å². The fourth-order valence-electron chi connectivity index (χ4n) is 9.15. The number of ketones is 1. The number of aliphatic hydroxyl groups excluding tert-OH is 2. The van der Waals surface area contributed by atoms with Gasteiger partial charge in [0.2, 0.25) is 6.10 Å². The van der Waals surface area contributed by atoms with Crippen molar-refractivity contribution in [3.63, 3.8) is 0 Å². The lowest BCUT2D eigenvalue weighted by Gasteiger charge is -2.67. The number of nitrogens with two attached hydrogens (primary N) is 1. The Morgan fingerprint density at radius 3 is 2.49 bits per heavy atom. The first-order chi connectivity index (χ1) is 20.1. The van der Waals surface area contributed by atoms with E-state index in [1.165, 1.54) is 6.08 Å². The molecule has 2 aliphatic heterocycles. The van der Waals surface area contributed by atoms with E-state index in [-0.39, 0.29) is 25.2 Å². The predicted octanol–water partition coefficient (Wildman–Crippen LogP) is 0.0970. The van der Waals surface area contributed by atoms with Crippen molar-refractivity contribution >= 4 is 29.7 Å². The predicted molar refractivity (Wildman–Crippen MR) is 144 cm³/mol. The van der Waals surface area contributed by atoms with Gasteiger partial charge in [-0.1, -0.05) is 19.4 Å². The number of esters is 4. The normalized spacial score (nSPS) is 41.7. The maximum atomic E-state index is 13.6. The Balaban J connectivity index is 1.68. The first-order valence-corrected chi connectivity index (χ1v) is 14.4. The topological polar surface area (TPSA) is 198 Å². The summed E-state index contributed by atoms with van der Waals surface area (Å²) < 4.78 is 28.5. The van der Waals surface area contributed by atoms with Gasteiger partial charge in [-0.2, -0.15) is 0 Å². The minimum Gasteiger partial charge on any atom is -0.467 e. The molecule has 2 bridgehead atoms. The molecule has 0 aromatic heterocycles. The summed E-state index contributed by atoms with van der Waals surface area (Å²) >= 11 is 0. The van der Waals surface area contributed by atoms with Gasteiger partial charge in [-0.15, -0.1) is 0 Å². The highest BCUT2D eigenvalue weighted by molar-refractivity contribution is 5.98. The molecule has 0 radical (unpaired) electrons. The SMILES string of the molecule is COC(=O)C12OC[C@]34C([C@@H](C)[C@@H]1O)[C@@]1(C)CC(=O)C(OC(=O)[C@@H](N)CO)=C(C)[C@@H]1C[C@H]3OC(=O)[C@H](OC(=O)C=C(C)C)[C@@H]24. The Hall–Kier alpha value is -3.13. The molecule has 0 amide bonds. The molecule has 1 spiro atoms. The largest absolute Gasteiger partial charge is 0.467 e. The lowest BCUT2D eigenvalue weighted by Crippen LogP contribution is -2.77. The van der Waals surface area contributed by atoms with Gasteiger partial charge >= 0.3 is 23.9 Å². The molecule has 43 heavy (non-hydrogen) atoms. The molecule has 236 valence electrons. The first kappa shape index (κ1) is 31.3. The van der Waals surface area contributed by atoms with Gasteiger partial charge < -0.3 is 39.6 Å². The Kier molecular flexibility index (Phi) is 7.64. The van der Waals surface area contributed by atoms with E-state index >= 15 is 0 Å². The van der Waals surface area contributed by atoms with Crippen LogP contribution in [0.2, 0.25) is 0 Å². The second-order valence-corrected chi connectivity index (χ2v) is 13.1. The quantitative estimate of drug-likeness (QED) is 0.209. The van der Waals surface area contributed by atoms with Crippen molar-refractivity contribution in [1.82, 2.24) is 0 Å². The van der Waals surface area contributed by atoms with Crippen molar-refractivity contribution in [2.75, 3.05) is 20.3 Å². The van der Waals surface area contributed by atoms with Crippen molar-refractivity contribution < 1.29 is 57.9 Å². The highest BCUT2D eigenvalue weighted by Crippen LogP contribution is 2.74. The summed E-state index contributed by atoms with van der Waals surface area (Å²) in [5.41, 5.74) is 2.61. The third kappa shape index (κ3) is 4.15. The van der Waals surface area contributed by atoms with Crippen molar-refractivity contribution in [2.45, 2.75) is 77.4 Å². The standard InChI is InChI=1S/C30H39NO12/c1-12(2)7-19(34)42-21-23-29-11-40-30(23,27(38)39-6)24(35)14(4)22(29)28(5)9-17(33)20(43-25(36)16(31)10-32)13(3)15(28)8-18(29)41-26(21)37/h7,14-16,18,21-24,32,35H,8-11,31H2,1-6H3/t14-,15+,16+,18-,21-,22?,23-,24+,28+,29-,30?/m1/s1. The smallest absolute Gasteiger partial charge is 0.348 e. The second kappa shape index (κ2) is 10.5. The third-order valence-electron chi connectivity index (χ3n) is 10.5. The van der Waals surface area contributed by atoms with Crippen LogP contribution in [0.5, 0.6) is 0 Å². The minimum absolute atomic E-state index is 0.101. The van der Waals surface area contributed by atoms with Gasteiger partial charge in [0.05, 0.1) is 32.3 Å². The summed E-state index contributed by atoms with van der Waals surface area (Å²) in [5, 5.41) is 21.2. The first-order valence-electron chi connectivity index (χ1n) is 14.4. The number of aliphatic hydroxyl groups is 2. The molecule has 0 aromatic carbocycles. The molecule has 11 atom stereocenters. The Morgan fingerprint density at radius 1 is 1.21 bits per heavy atom. The van der Waals surface area contributed by atoms with E-state index in [4.69, 9.17) is 29.4 Å². The molecule has 13 nitrogen and oxygen atoms in total. The molecule has 3 aliphatic carbocycles. The second-order valence-electron chi connectivity index (χ2n) is 13.1. The van der Waals surface area contributed by atoms with Gasteiger partial charge in [0, 0.05) is 17.9 Å².